The Balaban J connectivity index is 1.59. The largest absolute Gasteiger partial charge is 0.486 e. The van der Waals surface area contributed by atoms with Crippen LogP contribution in [-0.2, 0) is 11.4 Å². The number of carbonyl (C=O) groups excluding carboxylic acids is 1. The number of aromatic nitrogens is 4. The van der Waals surface area contributed by atoms with Crippen molar-refractivity contribution in [2.75, 3.05) is 17.3 Å². The van der Waals surface area contributed by atoms with E-state index in [0.29, 0.717) is 5.82 Å². The highest BCUT2D eigenvalue weighted by Crippen LogP contribution is 2.17. The Bertz CT molecular complexity index is 804. The lowest BCUT2D eigenvalue weighted by atomic mass is 10.2. The van der Waals surface area contributed by atoms with Crippen LogP contribution in [-0.4, -0.2) is 37.7 Å². The maximum atomic E-state index is 12.6. The summed E-state index contributed by atoms with van der Waals surface area (Å²) in [6.45, 7) is 0.250. The van der Waals surface area contributed by atoms with E-state index in [4.69, 9.17) is 4.74 Å². The summed E-state index contributed by atoms with van der Waals surface area (Å²) in [7, 11) is 0. The number of para-hydroxylation sites is 1. The van der Waals surface area contributed by atoms with E-state index in [1.54, 1.807) is 11.8 Å². The van der Waals surface area contributed by atoms with Crippen LogP contribution in [0.3, 0.4) is 0 Å². The fourth-order valence-electron chi connectivity index (χ4n) is 2.48. The first kappa shape index (κ1) is 18.1. The van der Waals surface area contributed by atoms with Gasteiger partial charge in [-0.2, -0.15) is 16.7 Å². The molecule has 1 aromatic carbocycles. The molecule has 1 unspecified atom stereocenters. The molecule has 0 aliphatic heterocycles. The number of hydrogen-bond acceptors (Lipinski definition) is 5. The number of H-pyrrole nitrogens is 1. The molecule has 7 nitrogen and oxygen atoms in total. The average Bonchev–Trinajstić information content (AvgIpc) is 3.33. The monoisotopic (exact) mass is 371 g/mol. The Morgan fingerprint density at radius 2 is 2.04 bits per heavy atom. The van der Waals surface area contributed by atoms with E-state index in [1.807, 2.05) is 65.7 Å². The van der Waals surface area contributed by atoms with Gasteiger partial charge in [-0.25, -0.2) is 0 Å². The maximum Gasteiger partial charge on any atom is 0.249 e. The fourth-order valence-corrected chi connectivity index (χ4v) is 2.94. The minimum atomic E-state index is -0.292. The minimum Gasteiger partial charge on any atom is -0.486 e. The molecule has 0 radical (unpaired) electrons. The number of amides is 1. The summed E-state index contributed by atoms with van der Waals surface area (Å²) in [6.07, 6.45) is 6.54. The van der Waals surface area contributed by atoms with E-state index >= 15 is 0 Å². The number of anilines is 1. The van der Waals surface area contributed by atoms with Crippen molar-refractivity contribution in [3.05, 3.63) is 60.7 Å². The van der Waals surface area contributed by atoms with Gasteiger partial charge in [0, 0.05) is 12.4 Å². The molecule has 0 saturated heterocycles. The number of nitrogens with one attached hydrogen (secondary N) is 2. The Hall–Kier alpha value is -2.74. The van der Waals surface area contributed by atoms with Crippen LogP contribution in [0.1, 0.15) is 18.3 Å². The van der Waals surface area contributed by atoms with Gasteiger partial charge in [0.05, 0.1) is 0 Å². The number of ether oxygens (including phenoxy) is 1. The first-order valence-corrected chi connectivity index (χ1v) is 9.67. The minimum absolute atomic E-state index is 0.134. The van der Waals surface area contributed by atoms with Gasteiger partial charge in [-0.15, -0.1) is 5.10 Å². The summed E-state index contributed by atoms with van der Waals surface area (Å²) in [4.78, 5) is 16.9. The zero-order chi connectivity index (χ0) is 18.2. The first-order chi connectivity index (χ1) is 12.8. The van der Waals surface area contributed by atoms with E-state index in [1.165, 1.54) is 0 Å². The molecule has 0 bridgehead atoms. The molecule has 2 aromatic heterocycles. The second-order valence-electron chi connectivity index (χ2n) is 5.62. The Morgan fingerprint density at radius 1 is 1.27 bits per heavy atom. The summed E-state index contributed by atoms with van der Waals surface area (Å²) in [5.74, 6) is 2.30. The summed E-state index contributed by atoms with van der Waals surface area (Å²) < 4.78 is 7.52. The van der Waals surface area contributed by atoms with Crippen molar-refractivity contribution in [3.63, 3.8) is 0 Å². The van der Waals surface area contributed by atoms with Gasteiger partial charge in [0.25, 0.3) is 0 Å². The lowest BCUT2D eigenvalue weighted by Crippen LogP contribution is -2.26. The van der Waals surface area contributed by atoms with Crippen molar-refractivity contribution < 1.29 is 9.53 Å². The Labute approximate surface area is 156 Å². The molecule has 136 valence electrons. The summed E-state index contributed by atoms with van der Waals surface area (Å²) >= 11 is 1.71. The van der Waals surface area contributed by atoms with Crippen LogP contribution in [0.15, 0.2) is 54.9 Å². The van der Waals surface area contributed by atoms with Crippen molar-refractivity contribution in [1.82, 2.24) is 19.7 Å². The summed E-state index contributed by atoms with van der Waals surface area (Å²) in [6, 6.07) is 13.0. The van der Waals surface area contributed by atoms with Crippen molar-refractivity contribution in [2.45, 2.75) is 19.1 Å². The van der Waals surface area contributed by atoms with Crippen LogP contribution in [0.5, 0.6) is 5.75 Å². The van der Waals surface area contributed by atoms with Crippen molar-refractivity contribution >= 4 is 23.6 Å². The molecule has 3 aromatic rings. The molecule has 0 saturated carbocycles. The lowest BCUT2D eigenvalue weighted by Gasteiger charge is -2.17. The van der Waals surface area contributed by atoms with E-state index in [9.17, 15) is 4.79 Å². The lowest BCUT2D eigenvalue weighted by molar-refractivity contribution is -0.119. The van der Waals surface area contributed by atoms with Gasteiger partial charge >= 0.3 is 0 Å². The zero-order valence-corrected chi connectivity index (χ0v) is 15.3. The van der Waals surface area contributed by atoms with Gasteiger partial charge < -0.3 is 9.30 Å². The number of carbonyl (C=O) groups is 1. The summed E-state index contributed by atoms with van der Waals surface area (Å²) in [5, 5.41) is 9.62. The van der Waals surface area contributed by atoms with E-state index in [2.05, 4.69) is 20.5 Å². The number of benzene rings is 1. The first-order valence-electron chi connectivity index (χ1n) is 8.27. The third-order valence-electron chi connectivity index (χ3n) is 3.77. The maximum absolute atomic E-state index is 12.6. The standard InChI is InChI=1S/C18H21N5O2S/c1-26-12-9-15(23-10-5-6-11-23)17(24)20-18-19-16(21-22-18)13-25-14-7-3-2-4-8-14/h2-8,10-11,15H,9,12-13H2,1H3,(H2,19,20,21,22,24). The van der Waals surface area contributed by atoms with Crippen molar-refractivity contribution in [2.24, 2.45) is 0 Å². The van der Waals surface area contributed by atoms with Crippen molar-refractivity contribution in [3.8, 4) is 5.75 Å². The van der Waals surface area contributed by atoms with Crippen molar-refractivity contribution in [1.29, 1.82) is 0 Å². The molecule has 0 spiro atoms. The Morgan fingerprint density at radius 3 is 2.77 bits per heavy atom. The molecule has 3 rings (SSSR count). The summed E-state index contributed by atoms with van der Waals surface area (Å²) in [5.41, 5.74) is 0. The van der Waals surface area contributed by atoms with Crippen LogP contribution in [0, 0.1) is 0 Å². The molecule has 2 heterocycles. The van der Waals surface area contributed by atoms with Crippen LogP contribution >= 0.6 is 11.8 Å². The van der Waals surface area contributed by atoms with Gasteiger partial charge in [0.2, 0.25) is 11.9 Å². The van der Waals surface area contributed by atoms with Crippen LogP contribution in [0.25, 0.3) is 0 Å². The fraction of sp³-hybridized carbons (Fsp3) is 0.278. The van der Waals surface area contributed by atoms with Crippen LogP contribution < -0.4 is 10.1 Å². The second kappa shape index (κ2) is 9.10. The van der Waals surface area contributed by atoms with Crippen LogP contribution in [0.4, 0.5) is 5.95 Å². The molecular weight excluding hydrogens is 350 g/mol. The van der Waals surface area contributed by atoms with Crippen LogP contribution in [0.2, 0.25) is 0 Å². The molecule has 0 aliphatic rings. The molecule has 1 amide bonds. The third kappa shape index (κ3) is 4.89. The normalized spacial score (nSPS) is 11.9. The van der Waals surface area contributed by atoms with E-state index < -0.39 is 0 Å². The van der Waals surface area contributed by atoms with Gasteiger partial charge in [-0.1, -0.05) is 18.2 Å². The number of aromatic amines is 1. The molecule has 26 heavy (non-hydrogen) atoms. The molecule has 1 atom stereocenters. The third-order valence-corrected chi connectivity index (χ3v) is 4.41. The highest BCUT2D eigenvalue weighted by Gasteiger charge is 2.20. The smallest absolute Gasteiger partial charge is 0.249 e. The Kier molecular flexibility index (Phi) is 6.32. The predicted octanol–water partition coefficient (Wildman–Crippen LogP) is 3.12. The van der Waals surface area contributed by atoms with E-state index in [0.717, 1.165) is 17.9 Å². The van der Waals surface area contributed by atoms with Gasteiger partial charge in [0.15, 0.2) is 5.82 Å². The number of rotatable bonds is 9. The highest BCUT2D eigenvalue weighted by molar-refractivity contribution is 7.98. The SMILES string of the molecule is CSCCC(C(=O)Nc1n[nH]c(COc2ccccc2)n1)n1cccc1. The number of nitrogens with zero attached hydrogens (tertiary/aromatic N) is 3. The van der Waals surface area contributed by atoms with Gasteiger partial charge in [-0.3, -0.25) is 15.2 Å². The molecule has 0 fully saturated rings. The topological polar surface area (TPSA) is 84.8 Å². The quantitative estimate of drug-likeness (QED) is 0.604. The second-order valence-corrected chi connectivity index (χ2v) is 6.61. The van der Waals surface area contributed by atoms with E-state index in [-0.39, 0.29) is 24.5 Å². The molecular formula is C18H21N5O2S. The highest BCUT2D eigenvalue weighted by atomic mass is 32.2. The number of thioether (sulfide) groups is 1. The average molecular weight is 371 g/mol. The number of hydrogen-bond donors (Lipinski definition) is 2. The van der Waals surface area contributed by atoms with Gasteiger partial charge in [0.1, 0.15) is 18.4 Å². The van der Waals surface area contributed by atoms with Gasteiger partial charge in [-0.05, 0) is 42.7 Å². The zero-order valence-electron chi connectivity index (χ0n) is 14.5. The molecule has 2 N–H and O–H groups in total. The molecule has 0 aliphatic carbocycles. The predicted molar refractivity (Wildman–Crippen MR) is 102 cm³/mol. The molecule has 8 heteroatoms.